The summed E-state index contributed by atoms with van der Waals surface area (Å²) in [7, 11) is 0. The van der Waals surface area contributed by atoms with E-state index in [1.54, 1.807) is 18.6 Å². The summed E-state index contributed by atoms with van der Waals surface area (Å²) < 4.78 is 5.49. The van der Waals surface area contributed by atoms with Gasteiger partial charge in [0, 0.05) is 18.9 Å². The molecule has 0 aliphatic rings. The molecule has 4 nitrogen and oxygen atoms in total. The smallest absolute Gasteiger partial charge is 0.237 e. The molecule has 2 aromatic rings. The summed E-state index contributed by atoms with van der Waals surface area (Å²) in [5.41, 5.74) is 6.55. The standard InChI is InChI=1S/C11H11N3O.ClH/c12-7-9-2-1-3-10(6-9)15-11-8-13-4-5-14-11;/h1-6,8H,7,12H2;1H. The van der Waals surface area contributed by atoms with Gasteiger partial charge in [0.05, 0.1) is 6.20 Å². The highest BCUT2D eigenvalue weighted by molar-refractivity contribution is 5.85. The number of hydrogen-bond acceptors (Lipinski definition) is 4. The number of ether oxygens (including phenoxy) is 1. The predicted molar refractivity (Wildman–Crippen MR) is 63.7 cm³/mol. The van der Waals surface area contributed by atoms with Crippen LogP contribution < -0.4 is 10.5 Å². The van der Waals surface area contributed by atoms with Gasteiger partial charge in [0.15, 0.2) is 0 Å². The van der Waals surface area contributed by atoms with Crippen LogP contribution in [-0.2, 0) is 6.54 Å². The normalized spacial score (nSPS) is 9.31. The number of hydrogen-bond donors (Lipinski definition) is 1. The van der Waals surface area contributed by atoms with Gasteiger partial charge in [-0.3, -0.25) is 4.98 Å². The number of halogens is 1. The zero-order valence-electron chi connectivity index (χ0n) is 8.54. The van der Waals surface area contributed by atoms with E-state index in [1.165, 1.54) is 0 Å². The first-order valence-corrected chi connectivity index (χ1v) is 4.61. The van der Waals surface area contributed by atoms with Gasteiger partial charge >= 0.3 is 0 Å². The molecule has 0 bridgehead atoms. The molecule has 0 saturated heterocycles. The van der Waals surface area contributed by atoms with Crippen molar-refractivity contribution in [3.8, 4) is 11.6 Å². The maximum absolute atomic E-state index is 5.53. The van der Waals surface area contributed by atoms with Crippen LogP contribution in [0.2, 0.25) is 0 Å². The summed E-state index contributed by atoms with van der Waals surface area (Å²) in [6, 6.07) is 7.58. The van der Waals surface area contributed by atoms with Gasteiger partial charge in [0.1, 0.15) is 5.75 Å². The number of benzene rings is 1. The van der Waals surface area contributed by atoms with Crippen LogP contribution in [0.15, 0.2) is 42.9 Å². The fourth-order valence-corrected chi connectivity index (χ4v) is 1.19. The highest BCUT2D eigenvalue weighted by atomic mass is 35.5. The second kappa shape index (κ2) is 6.05. The molecular weight excluding hydrogens is 226 g/mol. The van der Waals surface area contributed by atoms with Crippen LogP contribution in [0.1, 0.15) is 5.56 Å². The summed E-state index contributed by atoms with van der Waals surface area (Å²) in [4.78, 5) is 7.92. The zero-order valence-corrected chi connectivity index (χ0v) is 9.35. The molecule has 1 heterocycles. The quantitative estimate of drug-likeness (QED) is 0.889. The van der Waals surface area contributed by atoms with E-state index in [4.69, 9.17) is 10.5 Å². The van der Waals surface area contributed by atoms with E-state index in [9.17, 15) is 0 Å². The van der Waals surface area contributed by atoms with Crippen molar-refractivity contribution in [3.05, 3.63) is 48.4 Å². The third kappa shape index (κ3) is 3.18. The highest BCUT2D eigenvalue weighted by Gasteiger charge is 1.98. The van der Waals surface area contributed by atoms with E-state index in [0.29, 0.717) is 12.4 Å². The first-order chi connectivity index (χ1) is 7.38. The predicted octanol–water partition coefficient (Wildman–Crippen LogP) is 2.15. The number of nitrogens with zero attached hydrogens (tertiary/aromatic N) is 2. The molecule has 0 unspecified atom stereocenters. The van der Waals surface area contributed by atoms with Crippen molar-refractivity contribution in [3.63, 3.8) is 0 Å². The second-order valence-electron chi connectivity index (χ2n) is 3.00. The molecule has 2 N–H and O–H groups in total. The lowest BCUT2D eigenvalue weighted by Gasteiger charge is -2.04. The average Bonchev–Trinajstić information content (AvgIpc) is 2.31. The zero-order chi connectivity index (χ0) is 10.5. The summed E-state index contributed by atoms with van der Waals surface area (Å²) >= 11 is 0. The maximum atomic E-state index is 5.53. The Bertz CT molecular complexity index is 436. The van der Waals surface area contributed by atoms with Gasteiger partial charge in [-0.05, 0) is 17.7 Å². The van der Waals surface area contributed by atoms with E-state index in [-0.39, 0.29) is 12.4 Å². The molecule has 84 valence electrons. The van der Waals surface area contributed by atoms with Gasteiger partial charge in [0.25, 0.3) is 0 Å². The minimum Gasteiger partial charge on any atom is -0.437 e. The van der Waals surface area contributed by atoms with Gasteiger partial charge in [-0.15, -0.1) is 12.4 Å². The Morgan fingerprint density at radius 2 is 2.12 bits per heavy atom. The summed E-state index contributed by atoms with van der Waals surface area (Å²) in [5.74, 6) is 1.20. The molecule has 0 saturated carbocycles. The fourth-order valence-electron chi connectivity index (χ4n) is 1.19. The minimum absolute atomic E-state index is 0. The van der Waals surface area contributed by atoms with Crippen molar-refractivity contribution in [2.75, 3.05) is 0 Å². The van der Waals surface area contributed by atoms with Crippen molar-refractivity contribution < 1.29 is 4.74 Å². The molecule has 0 spiro atoms. The summed E-state index contributed by atoms with van der Waals surface area (Å²) in [6.45, 7) is 0.498. The minimum atomic E-state index is 0. The number of aromatic nitrogens is 2. The van der Waals surface area contributed by atoms with Crippen LogP contribution in [0.25, 0.3) is 0 Å². The Balaban J connectivity index is 0.00000128. The maximum Gasteiger partial charge on any atom is 0.237 e. The topological polar surface area (TPSA) is 61.0 Å². The molecule has 5 heteroatoms. The molecule has 1 aromatic heterocycles. The molecular formula is C11H12ClN3O. The Labute approximate surface area is 99.9 Å². The Kier molecular flexibility index (Phi) is 4.69. The van der Waals surface area contributed by atoms with Crippen LogP contribution in [0.4, 0.5) is 0 Å². The third-order valence-corrected chi connectivity index (χ3v) is 1.90. The molecule has 0 fully saturated rings. The van der Waals surface area contributed by atoms with E-state index in [1.807, 2.05) is 24.3 Å². The number of nitrogens with two attached hydrogens (primary N) is 1. The van der Waals surface area contributed by atoms with Crippen LogP contribution in [-0.4, -0.2) is 9.97 Å². The molecule has 1 aromatic carbocycles. The van der Waals surface area contributed by atoms with Crippen LogP contribution >= 0.6 is 12.4 Å². The van der Waals surface area contributed by atoms with E-state index >= 15 is 0 Å². The molecule has 0 amide bonds. The van der Waals surface area contributed by atoms with E-state index in [0.717, 1.165) is 11.3 Å². The van der Waals surface area contributed by atoms with Gasteiger partial charge in [0.2, 0.25) is 5.88 Å². The monoisotopic (exact) mass is 237 g/mol. The number of rotatable bonds is 3. The molecule has 2 rings (SSSR count). The molecule has 0 aliphatic heterocycles. The van der Waals surface area contributed by atoms with Crippen LogP contribution in [0.5, 0.6) is 11.6 Å². The van der Waals surface area contributed by atoms with Crippen LogP contribution in [0, 0.1) is 0 Å². The van der Waals surface area contributed by atoms with Gasteiger partial charge in [-0.2, -0.15) is 0 Å². The molecule has 0 radical (unpaired) electrons. The third-order valence-electron chi connectivity index (χ3n) is 1.90. The Morgan fingerprint density at radius 1 is 1.25 bits per heavy atom. The molecule has 0 atom stereocenters. The Hall–Kier alpha value is -1.65. The lowest BCUT2D eigenvalue weighted by Crippen LogP contribution is -1.96. The average molecular weight is 238 g/mol. The van der Waals surface area contributed by atoms with Crippen LogP contribution in [0.3, 0.4) is 0 Å². The lowest BCUT2D eigenvalue weighted by atomic mass is 10.2. The van der Waals surface area contributed by atoms with E-state index in [2.05, 4.69) is 9.97 Å². The molecule has 16 heavy (non-hydrogen) atoms. The molecule has 0 aliphatic carbocycles. The van der Waals surface area contributed by atoms with Gasteiger partial charge < -0.3 is 10.5 Å². The van der Waals surface area contributed by atoms with Crippen molar-refractivity contribution >= 4 is 12.4 Å². The van der Waals surface area contributed by atoms with Crippen molar-refractivity contribution in [1.29, 1.82) is 0 Å². The van der Waals surface area contributed by atoms with Crippen molar-refractivity contribution in [1.82, 2.24) is 9.97 Å². The highest BCUT2D eigenvalue weighted by Crippen LogP contribution is 2.18. The van der Waals surface area contributed by atoms with Crippen molar-refractivity contribution in [2.24, 2.45) is 5.73 Å². The van der Waals surface area contributed by atoms with Gasteiger partial charge in [-0.25, -0.2) is 4.98 Å². The first-order valence-electron chi connectivity index (χ1n) is 4.61. The first kappa shape index (κ1) is 12.4. The summed E-state index contributed by atoms with van der Waals surface area (Å²) in [6.07, 6.45) is 4.75. The largest absolute Gasteiger partial charge is 0.437 e. The lowest BCUT2D eigenvalue weighted by molar-refractivity contribution is 0.459. The Morgan fingerprint density at radius 3 is 2.81 bits per heavy atom. The SMILES string of the molecule is Cl.NCc1cccc(Oc2cnccn2)c1. The van der Waals surface area contributed by atoms with E-state index < -0.39 is 0 Å². The second-order valence-corrected chi connectivity index (χ2v) is 3.00. The fraction of sp³-hybridized carbons (Fsp3) is 0.0909. The van der Waals surface area contributed by atoms with Gasteiger partial charge in [-0.1, -0.05) is 12.1 Å². The summed E-state index contributed by atoms with van der Waals surface area (Å²) in [5, 5.41) is 0. The van der Waals surface area contributed by atoms with Crippen molar-refractivity contribution in [2.45, 2.75) is 6.54 Å².